The summed E-state index contributed by atoms with van der Waals surface area (Å²) in [5.74, 6) is 0.874. The molecule has 0 radical (unpaired) electrons. The van der Waals surface area contributed by atoms with Gasteiger partial charge in [-0.3, -0.25) is 0 Å². The summed E-state index contributed by atoms with van der Waals surface area (Å²) >= 11 is 0. The summed E-state index contributed by atoms with van der Waals surface area (Å²) in [7, 11) is 1.67. The zero-order valence-electron chi connectivity index (χ0n) is 11.8. The second-order valence-electron chi connectivity index (χ2n) is 4.71. The number of ether oxygens (including phenoxy) is 2. The van der Waals surface area contributed by atoms with Gasteiger partial charge in [0, 0.05) is 0 Å². The number of hydrogen-bond donors (Lipinski definition) is 0. The topological polar surface area (TPSA) is 18.5 Å². The molecule has 2 aromatic rings. The van der Waals surface area contributed by atoms with Gasteiger partial charge in [0.15, 0.2) is 0 Å². The van der Waals surface area contributed by atoms with Gasteiger partial charge in [0.05, 0.1) is 20.3 Å². The Morgan fingerprint density at radius 2 is 1.47 bits per heavy atom. The van der Waals surface area contributed by atoms with Gasteiger partial charge in [-0.05, 0) is 48.2 Å². The average molecular weight is 256 g/mol. The first kappa shape index (κ1) is 13.6. The molecular weight excluding hydrogens is 236 g/mol. The lowest BCUT2D eigenvalue weighted by atomic mass is 10.0. The second kappa shape index (κ2) is 6.39. The molecule has 2 aromatic carbocycles. The lowest BCUT2D eigenvalue weighted by molar-refractivity contribution is 0.106. The summed E-state index contributed by atoms with van der Waals surface area (Å²) in [6.07, 6.45) is 0. The minimum absolute atomic E-state index is 0.623. The van der Waals surface area contributed by atoms with E-state index in [0.717, 1.165) is 11.3 Å². The molecule has 0 amide bonds. The largest absolute Gasteiger partial charge is 0.497 e. The van der Waals surface area contributed by atoms with E-state index in [1.165, 1.54) is 16.7 Å². The molecule has 0 aliphatic heterocycles. The Balaban J connectivity index is 1.92. The van der Waals surface area contributed by atoms with E-state index in [0.29, 0.717) is 13.2 Å². The van der Waals surface area contributed by atoms with Crippen molar-refractivity contribution in [2.24, 2.45) is 0 Å². The third-order valence-corrected chi connectivity index (χ3v) is 3.32. The molecule has 0 aromatic heterocycles. The summed E-state index contributed by atoms with van der Waals surface area (Å²) in [6, 6.07) is 14.3. The van der Waals surface area contributed by atoms with Crippen molar-refractivity contribution in [2.75, 3.05) is 7.11 Å². The maximum absolute atomic E-state index is 5.80. The maximum Gasteiger partial charge on any atom is 0.118 e. The van der Waals surface area contributed by atoms with Crippen LogP contribution in [0.3, 0.4) is 0 Å². The minimum atomic E-state index is 0.623. The third kappa shape index (κ3) is 3.58. The van der Waals surface area contributed by atoms with Crippen LogP contribution in [0, 0.1) is 13.8 Å². The minimum Gasteiger partial charge on any atom is -0.497 e. The maximum atomic E-state index is 5.80. The highest BCUT2D eigenvalue weighted by molar-refractivity contribution is 5.33. The van der Waals surface area contributed by atoms with Crippen molar-refractivity contribution >= 4 is 0 Å². The van der Waals surface area contributed by atoms with Gasteiger partial charge in [-0.25, -0.2) is 0 Å². The van der Waals surface area contributed by atoms with Crippen LogP contribution in [0.25, 0.3) is 0 Å². The summed E-state index contributed by atoms with van der Waals surface area (Å²) in [6.45, 7) is 5.53. The monoisotopic (exact) mass is 256 g/mol. The van der Waals surface area contributed by atoms with Crippen molar-refractivity contribution < 1.29 is 9.47 Å². The fourth-order valence-electron chi connectivity index (χ4n) is 2.07. The normalized spacial score (nSPS) is 10.5. The quantitative estimate of drug-likeness (QED) is 0.804. The van der Waals surface area contributed by atoms with Gasteiger partial charge in [0.25, 0.3) is 0 Å². The predicted octanol–water partition coefficient (Wildman–Crippen LogP) is 4.03. The summed E-state index contributed by atoms with van der Waals surface area (Å²) in [4.78, 5) is 0. The fourth-order valence-corrected chi connectivity index (χ4v) is 2.07. The lowest BCUT2D eigenvalue weighted by Crippen LogP contribution is -1.98. The average Bonchev–Trinajstić information content (AvgIpc) is 2.43. The van der Waals surface area contributed by atoms with Crippen LogP contribution >= 0.6 is 0 Å². The van der Waals surface area contributed by atoms with E-state index in [1.54, 1.807) is 7.11 Å². The van der Waals surface area contributed by atoms with Gasteiger partial charge < -0.3 is 9.47 Å². The van der Waals surface area contributed by atoms with E-state index in [1.807, 2.05) is 24.3 Å². The fraction of sp³-hybridized carbons (Fsp3) is 0.294. The standard InChI is InChI=1S/C17H20O2/c1-13-5-4-6-14(2)17(13)12-19-11-15-7-9-16(18-3)10-8-15/h4-10H,11-12H2,1-3H3. The molecule has 0 aliphatic carbocycles. The molecule has 0 saturated carbocycles. The highest BCUT2D eigenvalue weighted by Gasteiger charge is 2.02. The number of benzene rings is 2. The number of aryl methyl sites for hydroxylation is 2. The van der Waals surface area contributed by atoms with Crippen LogP contribution in [0.5, 0.6) is 5.75 Å². The van der Waals surface area contributed by atoms with Crippen LogP contribution in [0.1, 0.15) is 22.3 Å². The van der Waals surface area contributed by atoms with E-state index >= 15 is 0 Å². The molecular formula is C17H20O2. The van der Waals surface area contributed by atoms with Crippen molar-refractivity contribution in [2.45, 2.75) is 27.1 Å². The van der Waals surface area contributed by atoms with Crippen molar-refractivity contribution in [3.8, 4) is 5.75 Å². The molecule has 0 N–H and O–H groups in total. The Bertz CT molecular complexity index is 509. The van der Waals surface area contributed by atoms with Crippen molar-refractivity contribution in [3.05, 3.63) is 64.7 Å². The molecule has 2 nitrogen and oxygen atoms in total. The number of methoxy groups -OCH3 is 1. The molecule has 100 valence electrons. The molecule has 0 heterocycles. The molecule has 0 atom stereocenters. The van der Waals surface area contributed by atoms with Crippen LogP contribution in [-0.2, 0) is 18.0 Å². The first-order valence-corrected chi connectivity index (χ1v) is 6.46. The molecule has 0 spiro atoms. The van der Waals surface area contributed by atoms with Gasteiger partial charge in [-0.15, -0.1) is 0 Å². The van der Waals surface area contributed by atoms with Crippen LogP contribution in [0.2, 0.25) is 0 Å². The summed E-state index contributed by atoms with van der Waals surface area (Å²) in [5.41, 5.74) is 5.02. The molecule has 0 bridgehead atoms. The molecule has 19 heavy (non-hydrogen) atoms. The molecule has 2 rings (SSSR count). The summed E-state index contributed by atoms with van der Waals surface area (Å²) in [5, 5.41) is 0. The smallest absolute Gasteiger partial charge is 0.118 e. The van der Waals surface area contributed by atoms with Gasteiger partial charge in [0.1, 0.15) is 5.75 Å². The first-order valence-electron chi connectivity index (χ1n) is 6.46. The number of hydrogen-bond acceptors (Lipinski definition) is 2. The number of rotatable bonds is 5. The SMILES string of the molecule is COc1ccc(COCc2c(C)cccc2C)cc1. The molecule has 2 heteroatoms. The van der Waals surface area contributed by atoms with E-state index < -0.39 is 0 Å². The predicted molar refractivity (Wildman–Crippen MR) is 77.4 cm³/mol. The Morgan fingerprint density at radius 3 is 2.05 bits per heavy atom. The van der Waals surface area contributed by atoms with Gasteiger partial charge in [0.2, 0.25) is 0 Å². The Kier molecular flexibility index (Phi) is 4.58. The van der Waals surface area contributed by atoms with Gasteiger partial charge in [-0.2, -0.15) is 0 Å². The second-order valence-corrected chi connectivity index (χ2v) is 4.71. The molecule has 0 saturated heterocycles. The highest BCUT2D eigenvalue weighted by atomic mass is 16.5. The van der Waals surface area contributed by atoms with E-state index in [2.05, 4.69) is 32.0 Å². The van der Waals surface area contributed by atoms with E-state index in [-0.39, 0.29) is 0 Å². The Morgan fingerprint density at radius 1 is 0.842 bits per heavy atom. The van der Waals surface area contributed by atoms with Crippen LogP contribution in [-0.4, -0.2) is 7.11 Å². The van der Waals surface area contributed by atoms with Crippen LogP contribution in [0.15, 0.2) is 42.5 Å². The molecule has 0 aliphatic rings. The molecule has 0 fully saturated rings. The van der Waals surface area contributed by atoms with Crippen LogP contribution in [0.4, 0.5) is 0 Å². The van der Waals surface area contributed by atoms with Crippen molar-refractivity contribution in [1.82, 2.24) is 0 Å². The lowest BCUT2D eigenvalue weighted by Gasteiger charge is -2.10. The highest BCUT2D eigenvalue weighted by Crippen LogP contribution is 2.16. The van der Waals surface area contributed by atoms with Gasteiger partial charge in [-0.1, -0.05) is 30.3 Å². The zero-order chi connectivity index (χ0) is 13.7. The Labute approximate surface area is 115 Å². The van der Waals surface area contributed by atoms with Crippen molar-refractivity contribution in [1.29, 1.82) is 0 Å². The third-order valence-electron chi connectivity index (χ3n) is 3.32. The van der Waals surface area contributed by atoms with Crippen molar-refractivity contribution in [3.63, 3.8) is 0 Å². The Hall–Kier alpha value is -1.80. The van der Waals surface area contributed by atoms with E-state index in [4.69, 9.17) is 9.47 Å². The van der Waals surface area contributed by atoms with Crippen LogP contribution < -0.4 is 4.74 Å². The van der Waals surface area contributed by atoms with E-state index in [9.17, 15) is 0 Å². The molecule has 0 unspecified atom stereocenters. The zero-order valence-corrected chi connectivity index (χ0v) is 11.8. The van der Waals surface area contributed by atoms with Gasteiger partial charge >= 0.3 is 0 Å². The summed E-state index contributed by atoms with van der Waals surface area (Å²) < 4.78 is 10.9. The first-order chi connectivity index (χ1) is 9.20.